The maximum Gasteiger partial charge on any atom is 0.419 e. The number of aromatic nitrogens is 2. The highest BCUT2D eigenvalue weighted by molar-refractivity contribution is 5.69. The number of benzene rings is 2. The molecule has 37 heavy (non-hydrogen) atoms. The number of nitrogens with one attached hydrogen (secondary N) is 2. The minimum absolute atomic E-state index is 0.0408. The number of carbonyl (C=O) groups excluding carboxylic acids is 1. The fraction of sp³-hybridized carbons (Fsp3) is 0.308. The van der Waals surface area contributed by atoms with Crippen LogP contribution in [0.25, 0.3) is 11.3 Å². The van der Waals surface area contributed by atoms with Gasteiger partial charge in [0.1, 0.15) is 17.5 Å². The lowest BCUT2D eigenvalue weighted by Crippen LogP contribution is -2.34. The molecule has 0 saturated carbocycles. The smallest absolute Gasteiger partial charge is 0.419 e. The number of halogens is 4. The van der Waals surface area contributed by atoms with Crippen molar-refractivity contribution in [1.29, 1.82) is 5.26 Å². The molecule has 0 bridgehead atoms. The number of amides is 1. The molecule has 0 fully saturated rings. The molecule has 3 rings (SSSR count). The van der Waals surface area contributed by atoms with Crippen molar-refractivity contribution in [2.75, 3.05) is 11.9 Å². The standard InChI is InChI=1S/C26H25F4N5O2/c1-15(13-33-24(36)37-25(2,3)4)16-5-7-17(8-6-16)22-18(12-31)14-32-23(35-22)34-19-9-10-21(27)20(11-19)26(28,29)30/h5-11,14-15H,13H2,1-4H3,(H,33,36)(H,32,34,35). The lowest BCUT2D eigenvalue weighted by Gasteiger charge is -2.21. The highest BCUT2D eigenvalue weighted by Gasteiger charge is 2.34. The number of rotatable bonds is 6. The minimum atomic E-state index is -4.86. The number of nitriles is 1. The van der Waals surface area contributed by atoms with Crippen molar-refractivity contribution in [3.05, 3.63) is 71.2 Å². The number of nitrogens with zero attached hydrogens (tertiary/aromatic N) is 3. The predicted octanol–water partition coefficient (Wildman–Crippen LogP) is 6.54. The predicted molar refractivity (Wildman–Crippen MR) is 130 cm³/mol. The van der Waals surface area contributed by atoms with Gasteiger partial charge in [0.05, 0.1) is 23.0 Å². The lowest BCUT2D eigenvalue weighted by molar-refractivity contribution is -0.139. The summed E-state index contributed by atoms with van der Waals surface area (Å²) in [6.07, 6.45) is -4.13. The second-order valence-corrected chi connectivity index (χ2v) is 9.29. The molecule has 1 amide bonds. The highest BCUT2D eigenvalue weighted by atomic mass is 19.4. The number of ether oxygens (including phenoxy) is 1. The van der Waals surface area contributed by atoms with Gasteiger partial charge in [-0.05, 0) is 50.5 Å². The van der Waals surface area contributed by atoms with Crippen molar-refractivity contribution in [3.8, 4) is 17.3 Å². The van der Waals surface area contributed by atoms with Crippen LogP contribution in [0.15, 0.2) is 48.7 Å². The molecule has 0 aliphatic rings. The van der Waals surface area contributed by atoms with Gasteiger partial charge in [0.2, 0.25) is 5.95 Å². The Kier molecular flexibility index (Phi) is 8.01. The van der Waals surface area contributed by atoms with Gasteiger partial charge < -0.3 is 15.4 Å². The molecule has 2 N–H and O–H groups in total. The van der Waals surface area contributed by atoms with E-state index in [-0.39, 0.29) is 28.8 Å². The Bertz CT molecular complexity index is 1310. The van der Waals surface area contributed by atoms with E-state index in [0.717, 1.165) is 11.6 Å². The van der Waals surface area contributed by atoms with Gasteiger partial charge in [-0.2, -0.15) is 18.4 Å². The number of alkyl halides is 3. The molecule has 0 aliphatic heterocycles. The molecule has 3 aromatic rings. The highest BCUT2D eigenvalue weighted by Crippen LogP contribution is 2.33. The van der Waals surface area contributed by atoms with Crippen LogP contribution < -0.4 is 10.6 Å². The topological polar surface area (TPSA) is 99.9 Å². The third-order valence-corrected chi connectivity index (χ3v) is 5.14. The Morgan fingerprint density at radius 3 is 2.41 bits per heavy atom. The van der Waals surface area contributed by atoms with E-state index in [1.807, 2.05) is 25.1 Å². The van der Waals surface area contributed by atoms with Crippen LogP contribution in [0.5, 0.6) is 0 Å². The van der Waals surface area contributed by atoms with Crippen LogP contribution in [0.3, 0.4) is 0 Å². The van der Waals surface area contributed by atoms with Crippen LogP contribution >= 0.6 is 0 Å². The molecule has 7 nitrogen and oxygen atoms in total. The molecular formula is C26H25F4N5O2. The summed E-state index contributed by atoms with van der Waals surface area (Å²) in [6.45, 7) is 7.60. The first-order valence-corrected chi connectivity index (χ1v) is 11.2. The number of anilines is 2. The molecule has 0 aliphatic carbocycles. The number of hydrogen-bond donors (Lipinski definition) is 2. The van der Waals surface area contributed by atoms with E-state index < -0.39 is 29.3 Å². The summed E-state index contributed by atoms with van der Waals surface area (Å²) in [5.74, 6) is -1.50. The van der Waals surface area contributed by atoms with Crippen molar-refractivity contribution < 1.29 is 27.1 Å². The van der Waals surface area contributed by atoms with E-state index in [1.54, 1.807) is 32.9 Å². The summed E-state index contributed by atoms with van der Waals surface area (Å²) in [7, 11) is 0. The molecule has 0 radical (unpaired) electrons. The molecule has 1 heterocycles. The van der Waals surface area contributed by atoms with Gasteiger partial charge in [-0.25, -0.2) is 19.2 Å². The van der Waals surface area contributed by atoms with E-state index in [4.69, 9.17) is 4.74 Å². The van der Waals surface area contributed by atoms with Gasteiger partial charge >= 0.3 is 12.3 Å². The summed E-state index contributed by atoms with van der Waals surface area (Å²) < 4.78 is 57.9. The van der Waals surface area contributed by atoms with Crippen molar-refractivity contribution in [2.45, 2.75) is 45.4 Å². The Morgan fingerprint density at radius 1 is 1.14 bits per heavy atom. The third kappa shape index (κ3) is 7.39. The van der Waals surface area contributed by atoms with Crippen LogP contribution in [0.1, 0.15) is 50.3 Å². The average molecular weight is 516 g/mol. The summed E-state index contributed by atoms with van der Waals surface area (Å²) in [4.78, 5) is 20.2. The monoisotopic (exact) mass is 515 g/mol. The first-order chi connectivity index (χ1) is 17.3. The van der Waals surface area contributed by atoms with E-state index in [2.05, 4.69) is 20.6 Å². The van der Waals surface area contributed by atoms with Crippen LogP contribution in [-0.2, 0) is 10.9 Å². The van der Waals surface area contributed by atoms with Gasteiger partial charge in [0.15, 0.2) is 0 Å². The van der Waals surface area contributed by atoms with Crippen molar-refractivity contribution in [2.24, 2.45) is 0 Å². The summed E-state index contributed by atoms with van der Waals surface area (Å²) in [5.41, 5.74) is -0.166. The maximum absolute atomic E-state index is 13.6. The van der Waals surface area contributed by atoms with Gasteiger partial charge in [-0.3, -0.25) is 0 Å². The molecule has 0 spiro atoms. The van der Waals surface area contributed by atoms with Gasteiger partial charge in [0, 0.05) is 17.8 Å². The van der Waals surface area contributed by atoms with Gasteiger partial charge in [-0.1, -0.05) is 31.2 Å². The van der Waals surface area contributed by atoms with Crippen LogP contribution in [0, 0.1) is 17.1 Å². The van der Waals surface area contributed by atoms with Crippen molar-refractivity contribution in [3.63, 3.8) is 0 Å². The molecule has 0 saturated heterocycles. The molecule has 2 aromatic carbocycles. The van der Waals surface area contributed by atoms with Gasteiger partial charge in [-0.15, -0.1) is 0 Å². The van der Waals surface area contributed by atoms with Crippen LogP contribution in [-0.4, -0.2) is 28.2 Å². The molecular weight excluding hydrogens is 490 g/mol. The summed E-state index contributed by atoms with van der Waals surface area (Å²) >= 11 is 0. The van der Waals surface area contributed by atoms with Crippen molar-refractivity contribution >= 4 is 17.7 Å². The van der Waals surface area contributed by atoms with E-state index in [9.17, 15) is 27.6 Å². The van der Waals surface area contributed by atoms with E-state index in [0.29, 0.717) is 24.2 Å². The Labute approximate surface area is 211 Å². The van der Waals surface area contributed by atoms with Gasteiger partial charge in [0.25, 0.3) is 0 Å². The van der Waals surface area contributed by atoms with Crippen molar-refractivity contribution in [1.82, 2.24) is 15.3 Å². The molecule has 194 valence electrons. The third-order valence-electron chi connectivity index (χ3n) is 5.14. The first-order valence-electron chi connectivity index (χ1n) is 11.2. The summed E-state index contributed by atoms with van der Waals surface area (Å²) in [5, 5.41) is 14.8. The molecule has 1 atom stereocenters. The fourth-order valence-corrected chi connectivity index (χ4v) is 3.33. The Hall–Kier alpha value is -4.20. The average Bonchev–Trinajstić information content (AvgIpc) is 2.82. The number of hydrogen-bond acceptors (Lipinski definition) is 6. The normalized spacial score (nSPS) is 12.4. The molecule has 1 unspecified atom stereocenters. The zero-order chi connectivity index (χ0) is 27.4. The second-order valence-electron chi connectivity index (χ2n) is 9.29. The van der Waals surface area contributed by atoms with E-state index in [1.165, 1.54) is 6.20 Å². The Morgan fingerprint density at radius 2 is 1.81 bits per heavy atom. The maximum atomic E-state index is 13.6. The minimum Gasteiger partial charge on any atom is -0.444 e. The lowest BCUT2D eigenvalue weighted by atomic mass is 9.98. The second kappa shape index (κ2) is 10.8. The largest absolute Gasteiger partial charge is 0.444 e. The zero-order valence-electron chi connectivity index (χ0n) is 20.6. The SMILES string of the molecule is CC(CNC(=O)OC(C)(C)C)c1ccc(-c2nc(Nc3ccc(F)c(C(F)(F)F)c3)ncc2C#N)cc1. The summed E-state index contributed by atoms with van der Waals surface area (Å²) in [6, 6.07) is 11.6. The Balaban J connectivity index is 1.78. The van der Waals surface area contributed by atoms with Crippen LogP contribution in [0.2, 0.25) is 0 Å². The number of alkyl carbamates (subject to hydrolysis) is 1. The first kappa shape index (κ1) is 27.4. The zero-order valence-corrected chi connectivity index (χ0v) is 20.6. The van der Waals surface area contributed by atoms with E-state index >= 15 is 0 Å². The van der Waals surface area contributed by atoms with Crippen LogP contribution in [0.4, 0.5) is 34.0 Å². The quantitative estimate of drug-likeness (QED) is 0.362. The molecule has 11 heteroatoms. The number of carbonyl (C=O) groups is 1. The molecule has 1 aromatic heterocycles. The fourth-order valence-electron chi connectivity index (χ4n) is 3.33.